The molecule has 0 heterocycles. The van der Waals surface area contributed by atoms with Gasteiger partial charge in [0.05, 0.1) is 5.41 Å². The molecule has 6 aromatic carbocycles. The Morgan fingerprint density at radius 1 is 0.442 bits per heavy atom. The zero-order valence-electron chi connectivity index (χ0n) is 23.1. The first-order valence-corrected chi connectivity index (χ1v) is 14.1. The maximum Gasteiger partial charge on any atom is 0.115 e. The quantitative estimate of drug-likeness (QED) is 0.159. The van der Waals surface area contributed by atoms with Crippen molar-refractivity contribution in [2.24, 2.45) is 0 Å². The van der Waals surface area contributed by atoms with Crippen LogP contribution >= 0.6 is 0 Å². The van der Waals surface area contributed by atoms with Crippen LogP contribution in [0.5, 0.6) is 23.0 Å². The van der Waals surface area contributed by atoms with Gasteiger partial charge in [-0.25, -0.2) is 0 Å². The van der Waals surface area contributed by atoms with Gasteiger partial charge in [-0.15, -0.1) is 0 Å². The summed E-state index contributed by atoms with van der Waals surface area (Å²) in [4.78, 5) is 0. The zero-order valence-corrected chi connectivity index (χ0v) is 23.1. The normalized spacial score (nSPS) is 13.3. The van der Waals surface area contributed by atoms with Gasteiger partial charge < -0.3 is 20.4 Å². The summed E-state index contributed by atoms with van der Waals surface area (Å²) >= 11 is 0. The minimum Gasteiger partial charge on any atom is -0.508 e. The molecule has 7 rings (SSSR count). The van der Waals surface area contributed by atoms with Gasteiger partial charge in [0, 0.05) is 0 Å². The Balaban J connectivity index is 1.50. The van der Waals surface area contributed by atoms with Crippen molar-refractivity contribution >= 4 is 11.6 Å². The third kappa shape index (κ3) is 4.41. The second-order valence-electron chi connectivity index (χ2n) is 10.8. The van der Waals surface area contributed by atoms with E-state index >= 15 is 0 Å². The summed E-state index contributed by atoms with van der Waals surface area (Å²) in [6.45, 7) is 0. The van der Waals surface area contributed by atoms with Crippen LogP contribution in [0.25, 0.3) is 22.8 Å². The van der Waals surface area contributed by atoms with Crippen LogP contribution in [0.4, 0.5) is 0 Å². The molecule has 43 heavy (non-hydrogen) atoms. The van der Waals surface area contributed by atoms with Crippen molar-refractivity contribution < 1.29 is 20.4 Å². The van der Waals surface area contributed by atoms with Crippen molar-refractivity contribution in [3.63, 3.8) is 0 Å². The third-order valence-corrected chi connectivity index (χ3v) is 8.34. The first kappa shape index (κ1) is 26.2. The number of phenolic OH excluding ortho intramolecular Hbond substituents is 4. The molecule has 0 amide bonds. The second kappa shape index (κ2) is 10.3. The second-order valence-corrected chi connectivity index (χ2v) is 10.8. The van der Waals surface area contributed by atoms with Crippen LogP contribution in [0.2, 0.25) is 0 Å². The number of hydrogen-bond donors (Lipinski definition) is 4. The molecule has 1 aliphatic carbocycles. The van der Waals surface area contributed by atoms with Crippen molar-refractivity contribution in [3.05, 3.63) is 178 Å². The summed E-state index contributed by atoms with van der Waals surface area (Å²) < 4.78 is 0. The number of phenols is 4. The van der Waals surface area contributed by atoms with E-state index < -0.39 is 5.41 Å². The summed E-state index contributed by atoms with van der Waals surface area (Å²) in [6.07, 6.45) is 2.08. The first-order chi connectivity index (χ1) is 20.9. The van der Waals surface area contributed by atoms with E-state index in [2.05, 4.69) is 36.4 Å². The number of fused-ring (bicyclic) bond motifs is 3. The molecule has 0 atom stereocenters. The Kier molecular flexibility index (Phi) is 6.25. The summed E-state index contributed by atoms with van der Waals surface area (Å²) in [5.74, 6) is 0.800. The fraction of sp³-hybridized carbons (Fsp3) is 0.0256. The van der Waals surface area contributed by atoms with Crippen molar-refractivity contribution in [3.8, 4) is 34.1 Å². The van der Waals surface area contributed by atoms with Crippen molar-refractivity contribution in [2.45, 2.75) is 5.41 Å². The van der Waals surface area contributed by atoms with Gasteiger partial charge >= 0.3 is 0 Å². The van der Waals surface area contributed by atoms with Crippen LogP contribution in [-0.4, -0.2) is 20.4 Å². The molecule has 0 radical (unpaired) electrons. The zero-order chi connectivity index (χ0) is 29.6. The van der Waals surface area contributed by atoms with Crippen LogP contribution in [-0.2, 0) is 5.41 Å². The van der Waals surface area contributed by atoms with Gasteiger partial charge in [-0.1, -0.05) is 84.9 Å². The molecule has 208 valence electrons. The van der Waals surface area contributed by atoms with Gasteiger partial charge in [-0.3, -0.25) is 0 Å². The molecule has 1 aliphatic rings. The fourth-order valence-corrected chi connectivity index (χ4v) is 6.37. The molecule has 0 fully saturated rings. The predicted molar refractivity (Wildman–Crippen MR) is 170 cm³/mol. The van der Waals surface area contributed by atoms with E-state index in [1.54, 1.807) is 48.5 Å². The van der Waals surface area contributed by atoms with E-state index in [-0.39, 0.29) is 23.0 Å². The van der Waals surface area contributed by atoms with Gasteiger partial charge in [0.25, 0.3) is 0 Å². The third-order valence-electron chi connectivity index (χ3n) is 8.34. The van der Waals surface area contributed by atoms with Crippen molar-refractivity contribution in [1.82, 2.24) is 0 Å². The average Bonchev–Trinajstić information content (AvgIpc) is 3.32. The highest BCUT2D eigenvalue weighted by atomic mass is 16.3. The minimum absolute atomic E-state index is 0.197. The maximum atomic E-state index is 10.2. The molecule has 0 aliphatic heterocycles. The SMILES string of the molecule is Oc1ccc(/C=C(\c2ccc(O)cc2)c2ccc3c(c2)-c2ccccc2C3(c2ccc(O)cc2)c2ccc(O)cc2)cc1. The van der Waals surface area contributed by atoms with Gasteiger partial charge in [0.1, 0.15) is 23.0 Å². The molecule has 4 nitrogen and oxygen atoms in total. The highest BCUT2D eigenvalue weighted by Crippen LogP contribution is 2.56. The molecule has 0 spiro atoms. The van der Waals surface area contributed by atoms with Gasteiger partial charge in [-0.2, -0.15) is 0 Å². The van der Waals surface area contributed by atoms with Crippen LogP contribution in [0.15, 0.2) is 140 Å². The Bertz CT molecular complexity index is 1920. The smallest absolute Gasteiger partial charge is 0.115 e. The standard InChI is InChI=1S/C39H28O4/c40-30-14-5-25(6-15-30)23-35(26-7-16-31(41)17-8-26)27-9-22-38-36(24-27)34-3-1-2-4-37(34)39(38,28-10-18-32(42)19-11-28)29-12-20-33(43)21-13-29/h1-24,40-43H/b35-23+. The Morgan fingerprint density at radius 2 is 0.907 bits per heavy atom. The summed E-state index contributed by atoms with van der Waals surface area (Å²) in [5.41, 5.74) is 9.60. The molecular weight excluding hydrogens is 532 g/mol. The van der Waals surface area contributed by atoms with E-state index in [1.807, 2.05) is 60.7 Å². The van der Waals surface area contributed by atoms with E-state index in [1.165, 1.54) is 0 Å². The number of hydrogen-bond acceptors (Lipinski definition) is 4. The van der Waals surface area contributed by atoms with E-state index in [0.717, 1.165) is 55.6 Å². The lowest BCUT2D eigenvalue weighted by Crippen LogP contribution is -2.28. The van der Waals surface area contributed by atoms with Crippen LogP contribution in [0.1, 0.15) is 38.9 Å². The highest BCUT2D eigenvalue weighted by molar-refractivity contribution is 5.95. The molecule has 0 bridgehead atoms. The lowest BCUT2D eigenvalue weighted by Gasteiger charge is -2.34. The molecular formula is C39H28O4. The van der Waals surface area contributed by atoms with Gasteiger partial charge in [0.2, 0.25) is 0 Å². The molecule has 6 aromatic rings. The maximum absolute atomic E-state index is 10.2. The van der Waals surface area contributed by atoms with Crippen LogP contribution < -0.4 is 0 Å². The molecule has 0 saturated heterocycles. The molecule has 4 heteroatoms. The Hall–Kier alpha value is -5.74. The predicted octanol–water partition coefficient (Wildman–Crippen LogP) is 8.46. The highest BCUT2D eigenvalue weighted by Gasteiger charge is 2.46. The summed E-state index contributed by atoms with van der Waals surface area (Å²) in [5, 5.41) is 40.2. The Morgan fingerprint density at radius 3 is 1.49 bits per heavy atom. The average molecular weight is 561 g/mol. The van der Waals surface area contributed by atoms with Gasteiger partial charge in [-0.05, 0) is 116 Å². The summed E-state index contributed by atoms with van der Waals surface area (Å²) in [7, 11) is 0. The molecule has 0 aromatic heterocycles. The van der Waals surface area contributed by atoms with E-state index in [0.29, 0.717) is 0 Å². The van der Waals surface area contributed by atoms with Crippen molar-refractivity contribution in [2.75, 3.05) is 0 Å². The lowest BCUT2D eigenvalue weighted by molar-refractivity contribution is 0.474. The number of aromatic hydroxyl groups is 4. The van der Waals surface area contributed by atoms with Gasteiger partial charge in [0.15, 0.2) is 0 Å². The molecule has 0 unspecified atom stereocenters. The minimum atomic E-state index is -0.675. The van der Waals surface area contributed by atoms with Crippen LogP contribution in [0, 0.1) is 0 Å². The van der Waals surface area contributed by atoms with Crippen LogP contribution in [0.3, 0.4) is 0 Å². The molecule has 4 N–H and O–H groups in total. The monoisotopic (exact) mass is 560 g/mol. The van der Waals surface area contributed by atoms with E-state index in [9.17, 15) is 20.4 Å². The topological polar surface area (TPSA) is 80.9 Å². The lowest BCUT2D eigenvalue weighted by atomic mass is 9.67. The van der Waals surface area contributed by atoms with E-state index in [4.69, 9.17) is 0 Å². The fourth-order valence-electron chi connectivity index (χ4n) is 6.37. The Labute approximate surface area is 249 Å². The first-order valence-electron chi connectivity index (χ1n) is 14.1. The number of rotatable bonds is 5. The largest absolute Gasteiger partial charge is 0.508 e. The number of benzene rings is 6. The van der Waals surface area contributed by atoms with Crippen molar-refractivity contribution in [1.29, 1.82) is 0 Å². The summed E-state index contributed by atoms with van der Waals surface area (Å²) in [6, 6.07) is 43.9. The molecule has 0 saturated carbocycles.